The van der Waals surface area contributed by atoms with Crippen LogP contribution in [-0.4, -0.2) is 36.5 Å². The van der Waals surface area contributed by atoms with E-state index in [-0.39, 0.29) is 18.2 Å². The van der Waals surface area contributed by atoms with Gasteiger partial charge in [0.2, 0.25) is 0 Å². The van der Waals surface area contributed by atoms with Crippen molar-refractivity contribution in [3.05, 3.63) is 35.9 Å². The third-order valence-corrected chi connectivity index (χ3v) is 3.55. The Labute approximate surface area is 123 Å². The molecule has 2 unspecified atom stereocenters. The molecule has 20 heavy (non-hydrogen) atoms. The van der Waals surface area contributed by atoms with Gasteiger partial charge in [0.1, 0.15) is 0 Å². The van der Waals surface area contributed by atoms with Crippen molar-refractivity contribution in [3.8, 4) is 0 Å². The van der Waals surface area contributed by atoms with Crippen molar-refractivity contribution in [2.45, 2.75) is 51.7 Å². The van der Waals surface area contributed by atoms with Gasteiger partial charge < -0.3 is 15.2 Å². The molecular formula is C17H29NO2. The van der Waals surface area contributed by atoms with Crippen LogP contribution < -0.4 is 5.32 Å². The molecule has 0 aliphatic heterocycles. The molecule has 0 saturated carbocycles. The van der Waals surface area contributed by atoms with Crippen molar-refractivity contribution in [1.29, 1.82) is 0 Å². The molecule has 1 aromatic carbocycles. The van der Waals surface area contributed by atoms with Gasteiger partial charge in [-0.05, 0) is 45.2 Å². The predicted molar refractivity (Wildman–Crippen MR) is 84.0 cm³/mol. The van der Waals surface area contributed by atoms with Gasteiger partial charge in [-0.25, -0.2) is 0 Å². The number of aryl methyl sites for hydroxylation is 1. The molecule has 2 atom stereocenters. The number of rotatable bonds is 10. The van der Waals surface area contributed by atoms with Crippen LogP contribution in [-0.2, 0) is 11.2 Å². The highest BCUT2D eigenvalue weighted by molar-refractivity contribution is 5.14. The van der Waals surface area contributed by atoms with E-state index in [1.54, 1.807) is 0 Å². The van der Waals surface area contributed by atoms with Crippen LogP contribution in [0.25, 0.3) is 0 Å². The molecule has 3 heteroatoms. The second-order valence-corrected chi connectivity index (χ2v) is 5.72. The lowest BCUT2D eigenvalue weighted by molar-refractivity contribution is 0.0275. The van der Waals surface area contributed by atoms with Gasteiger partial charge in [-0.15, -0.1) is 0 Å². The number of ether oxygens (including phenoxy) is 1. The first-order valence-corrected chi connectivity index (χ1v) is 7.61. The molecule has 0 spiro atoms. The standard InChI is InChI=1S/C17H29NO2/c1-4-18-17(3,14-19)13-15(2)20-12-8-11-16-9-6-5-7-10-16/h5-7,9-10,15,18-19H,4,8,11-14H2,1-3H3. The molecule has 114 valence electrons. The first-order chi connectivity index (χ1) is 9.59. The Morgan fingerprint density at radius 3 is 2.60 bits per heavy atom. The van der Waals surface area contributed by atoms with E-state index >= 15 is 0 Å². The number of aliphatic hydroxyl groups is 1. The fourth-order valence-corrected chi connectivity index (χ4v) is 2.52. The largest absolute Gasteiger partial charge is 0.394 e. The van der Waals surface area contributed by atoms with Gasteiger partial charge in [-0.3, -0.25) is 0 Å². The molecule has 1 aromatic rings. The topological polar surface area (TPSA) is 41.5 Å². The zero-order chi connectivity index (χ0) is 14.8. The second kappa shape index (κ2) is 9.11. The summed E-state index contributed by atoms with van der Waals surface area (Å²) in [5, 5.41) is 12.8. The van der Waals surface area contributed by atoms with Crippen molar-refractivity contribution in [2.24, 2.45) is 0 Å². The van der Waals surface area contributed by atoms with Gasteiger partial charge in [0.15, 0.2) is 0 Å². The molecule has 0 bridgehead atoms. The Morgan fingerprint density at radius 2 is 2.00 bits per heavy atom. The summed E-state index contributed by atoms with van der Waals surface area (Å²) in [6.07, 6.45) is 3.06. The first-order valence-electron chi connectivity index (χ1n) is 7.61. The SMILES string of the molecule is CCNC(C)(CO)CC(C)OCCCc1ccccc1. The van der Waals surface area contributed by atoms with Crippen molar-refractivity contribution >= 4 is 0 Å². The zero-order valence-electron chi connectivity index (χ0n) is 13.1. The predicted octanol–water partition coefficient (Wildman–Crippen LogP) is 2.77. The molecule has 0 aromatic heterocycles. The molecular weight excluding hydrogens is 250 g/mol. The van der Waals surface area contributed by atoms with Gasteiger partial charge in [-0.1, -0.05) is 37.3 Å². The minimum Gasteiger partial charge on any atom is -0.394 e. The van der Waals surface area contributed by atoms with E-state index in [0.717, 1.165) is 32.4 Å². The van der Waals surface area contributed by atoms with E-state index in [4.69, 9.17) is 4.74 Å². The number of nitrogens with one attached hydrogen (secondary N) is 1. The average molecular weight is 279 g/mol. The van der Waals surface area contributed by atoms with E-state index in [1.165, 1.54) is 5.56 Å². The summed E-state index contributed by atoms with van der Waals surface area (Å²) in [6, 6.07) is 10.5. The summed E-state index contributed by atoms with van der Waals surface area (Å²) in [5.41, 5.74) is 1.12. The molecule has 3 nitrogen and oxygen atoms in total. The van der Waals surface area contributed by atoms with Crippen LogP contribution in [0.1, 0.15) is 39.2 Å². The summed E-state index contributed by atoms with van der Waals surface area (Å²) in [4.78, 5) is 0. The third-order valence-electron chi connectivity index (χ3n) is 3.55. The summed E-state index contributed by atoms with van der Waals surface area (Å²) in [5.74, 6) is 0. The Bertz CT molecular complexity index is 355. The van der Waals surface area contributed by atoms with Gasteiger partial charge in [0.25, 0.3) is 0 Å². The van der Waals surface area contributed by atoms with Crippen molar-refractivity contribution < 1.29 is 9.84 Å². The van der Waals surface area contributed by atoms with Gasteiger partial charge in [0, 0.05) is 12.1 Å². The van der Waals surface area contributed by atoms with Crippen LogP contribution in [0.3, 0.4) is 0 Å². The van der Waals surface area contributed by atoms with Gasteiger partial charge in [0.05, 0.1) is 12.7 Å². The van der Waals surface area contributed by atoms with Crippen LogP contribution in [0.15, 0.2) is 30.3 Å². The molecule has 2 N–H and O–H groups in total. The van der Waals surface area contributed by atoms with Crippen molar-refractivity contribution in [3.63, 3.8) is 0 Å². The summed E-state index contributed by atoms with van der Waals surface area (Å²) in [6.45, 7) is 7.94. The monoisotopic (exact) mass is 279 g/mol. The summed E-state index contributed by atoms with van der Waals surface area (Å²) in [7, 11) is 0. The zero-order valence-corrected chi connectivity index (χ0v) is 13.1. The Morgan fingerprint density at radius 1 is 1.30 bits per heavy atom. The number of aliphatic hydroxyl groups excluding tert-OH is 1. The lowest BCUT2D eigenvalue weighted by Gasteiger charge is -2.31. The van der Waals surface area contributed by atoms with Crippen LogP contribution >= 0.6 is 0 Å². The highest BCUT2D eigenvalue weighted by Crippen LogP contribution is 2.14. The van der Waals surface area contributed by atoms with Crippen LogP contribution in [0.2, 0.25) is 0 Å². The van der Waals surface area contributed by atoms with E-state index < -0.39 is 0 Å². The maximum atomic E-state index is 9.47. The normalized spacial score (nSPS) is 15.8. The molecule has 0 heterocycles. The van der Waals surface area contributed by atoms with Gasteiger partial charge >= 0.3 is 0 Å². The minimum atomic E-state index is -0.242. The molecule has 0 aliphatic carbocycles. The van der Waals surface area contributed by atoms with Crippen molar-refractivity contribution in [1.82, 2.24) is 5.32 Å². The first kappa shape index (κ1) is 17.2. The Balaban J connectivity index is 2.21. The molecule has 0 radical (unpaired) electrons. The number of hydrogen-bond acceptors (Lipinski definition) is 3. The van der Waals surface area contributed by atoms with E-state index in [1.807, 2.05) is 13.0 Å². The number of benzene rings is 1. The molecule has 0 fully saturated rings. The van der Waals surface area contributed by atoms with E-state index in [0.29, 0.717) is 0 Å². The highest BCUT2D eigenvalue weighted by atomic mass is 16.5. The Kier molecular flexibility index (Phi) is 7.82. The van der Waals surface area contributed by atoms with E-state index in [9.17, 15) is 5.11 Å². The fraction of sp³-hybridized carbons (Fsp3) is 0.647. The van der Waals surface area contributed by atoms with Crippen LogP contribution in [0.5, 0.6) is 0 Å². The van der Waals surface area contributed by atoms with Gasteiger partial charge in [-0.2, -0.15) is 0 Å². The molecule has 0 aliphatic rings. The second-order valence-electron chi connectivity index (χ2n) is 5.72. The minimum absolute atomic E-state index is 0.137. The maximum absolute atomic E-state index is 9.47. The lowest BCUT2D eigenvalue weighted by atomic mass is 9.95. The lowest BCUT2D eigenvalue weighted by Crippen LogP contribution is -2.48. The summed E-state index contributed by atoms with van der Waals surface area (Å²) >= 11 is 0. The number of hydrogen-bond donors (Lipinski definition) is 2. The smallest absolute Gasteiger partial charge is 0.0611 e. The molecule has 1 rings (SSSR count). The maximum Gasteiger partial charge on any atom is 0.0611 e. The Hall–Kier alpha value is -0.900. The fourth-order valence-electron chi connectivity index (χ4n) is 2.52. The van der Waals surface area contributed by atoms with Crippen LogP contribution in [0.4, 0.5) is 0 Å². The quantitative estimate of drug-likeness (QED) is 0.647. The van der Waals surface area contributed by atoms with E-state index in [2.05, 4.69) is 43.4 Å². The highest BCUT2D eigenvalue weighted by Gasteiger charge is 2.24. The third kappa shape index (κ3) is 6.51. The molecule has 0 amide bonds. The average Bonchev–Trinajstić information content (AvgIpc) is 2.45. The molecule has 0 saturated heterocycles. The summed E-state index contributed by atoms with van der Waals surface area (Å²) < 4.78 is 5.86. The van der Waals surface area contributed by atoms with Crippen LogP contribution in [0, 0.1) is 0 Å². The van der Waals surface area contributed by atoms with Crippen molar-refractivity contribution in [2.75, 3.05) is 19.8 Å². The number of likely N-dealkylation sites (N-methyl/N-ethyl adjacent to an activating group) is 1.